The van der Waals surface area contributed by atoms with Crippen molar-refractivity contribution in [3.63, 3.8) is 0 Å². The Hall–Kier alpha value is -2.37. The van der Waals surface area contributed by atoms with Crippen LogP contribution in [0.25, 0.3) is 0 Å². The molecule has 0 spiro atoms. The van der Waals surface area contributed by atoms with Crippen molar-refractivity contribution in [2.75, 3.05) is 6.54 Å². The zero-order valence-electron chi connectivity index (χ0n) is 8.14. The normalized spacial score (nSPS) is 9.50. The Labute approximate surface area is 90.5 Å². The van der Waals surface area contributed by atoms with Gasteiger partial charge in [-0.2, -0.15) is 0 Å². The number of aromatic carboxylic acids is 1. The number of benzene rings is 1. The summed E-state index contributed by atoms with van der Waals surface area (Å²) in [6.45, 7) is -0.504. The van der Waals surface area contributed by atoms with Crippen molar-refractivity contribution in [2.24, 2.45) is 0 Å². The highest BCUT2D eigenvalue weighted by Gasteiger charge is 2.09. The van der Waals surface area contributed by atoms with E-state index in [9.17, 15) is 14.4 Å². The molecule has 0 radical (unpaired) electrons. The number of rotatable bonds is 4. The molecular weight excluding hydrogens is 214 g/mol. The first-order chi connectivity index (χ1) is 7.50. The zero-order chi connectivity index (χ0) is 12.1. The highest BCUT2D eigenvalue weighted by molar-refractivity contribution is 5.98. The van der Waals surface area contributed by atoms with Gasteiger partial charge in [0.15, 0.2) is 0 Å². The highest BCUT2D eigenvalue weighted by atomic mass is 16.4. The van der Waals surface area contributed by atoms with E-state index < -0.39 is 24.4 Å². The van der Waals surface area contributed by atoms with Crippen LogP contribution in [0.15, 0.2) is 24.3 Å². The first-order valence-electron chi connectivity index (χ1n) is 4.34. The van der Waals surface area contributed by atoms with Gasteiger partial charge in [-0.15, -0.1) is 0 Å². The van der Waals surface area contributed by atoms with Gasteiger partial charge in [-0.3, -0.25) is 9.59 Å². The first kappa shape index (κ1) is 11.7. The van der Waals surface area contributed by atoms with Crippen LogP contribution in [0.2, 0.25) is 0 Å². The van der Waals surface area contributed by atoms with E-state index in [0.717, 1.165) is 0 Å². The number of nitrogens with one attached hydrogen (secondary N) is 1. The van der Waals surface area contributed by atoms with Gasteiger partial charge in [-0.25, -0.2) is 4.79 Å². The Morgan fingerprint density at radius 2 is 1.75 bits per heavy atom. The van der Waals surface area contributed by atoms with E-state index in [1.807, 2.05) is 0 Å². The fraction of sp³-hybridized carbons (Fsp3) is 0.100. The SMILES string of the molecule is O=C(O)CNC(=O)c1cccc(C(=O)O)c1. The van der Waals surface area contributed by atoms with Gasteiger partial charge in [-0.05, 0) is 18.2 Å². The van der Waals surface area contributed by atoms with Crippen molar-refractivity contribution in [3.05, 3.63) is 35.4 Å². The smallest absolute Gasteiger partial charge is 0.335 e. The first-order valence-corrected chi connectivity index (χ1v) is 4.34. The summed E-state index contributed by atoms with van der Waals surface area (Å²) in [6.07, 6.45) is 0. The second-order valence-electron chi connectivity index (χ2n) is 2.96. The highest BCUT2D eigenvalue weighted by Crippen LogP contribution is 2.05. The summed E-state index contributed by atoms with van der Waals surface area (Å²) in [5.74, 6) is -2.93. The van der Waals surface area contributed by atoms with Crippen LogP contribution in [0, 0.1) is 0 Å². The standard InChI is InChI=1S/C10H9NO5/c12-8(13)5-11-9(14)6-2-1-3-7(4-6)10(15)16/h1-4H,5H2,(H,11,14)(H,12,13)(H,15,16). The topological polar surface area (TPSA) is 104 Å². The van der Waals surface area contributed by atoms with Gasteiger partial charge in [0.25, 0.3) is 5.91 Å². The molecule has 0 atom stereocenters. The van der Waals surface area contributed by atoms with Gasteiger partial charge in [-0.1, -0.05) is 6.07 Å². The summed E-state index contributed by atoms with van der Waals surface area (Å²) in [4.78, 5) is 32.2. The lowest BCUT2D eigenvalue weighted by atomic mass is 10.1. The Morgan fingerprint density at radius 3 is 2.31 bits per heavy atom. The van der Waals surface area contributed by atoms with Crippen LogP contribution < -0.4 is 5.32 Å². The molecule has 0 aliphatic rings. The Bertz CT molecular complexity index is 441. The Kier molecular flexibility index (Phi) is 3.60. The largest absolute Gasteiger partial charge is 0.480 e. The second kappa shape index (κ2) is 4.92. The summed E-state index contributed by atoms with van der Waals surface area (Å²) in [7, 11) is 0. The molecule has 6 heteroatoms. The number of carbonyl (C=O) groups excluding carboxylic acids is 1. The number of carbonyl (C=O) groups is 3. The Balaban J connectivity index is 2.79. The monoisotopic (exact) mass is 223 g/mol. The molecule has 0 heterocycles. The van der Waals surface area contributed by atoms with Crippen LogP contribution in [0.1, 0.15) is 20.7 Å². The molecule has 0 bridgehead atoms. The quantitative estimate of drug-likeness (QED) is 0.676. The van der Waals surface area contributed by atoms with Gasteiger partial charge in [0.1, 0.15) is 6.54 Å². The van der Waals surface area contributed by atoms with Crippen molar-refractivity contribution in [3.8, 4) is 0 Å². The van der Waals surface area contributed by atoms with Crippen LogP contribution in [0.5, 0.6) is 0 Å². The molecule has 1 aromatic rings. The lowest BCUT2D eigenvalue weighted by Crippen LogP contribution is -2.29. The van der Waals surface area contributed by atoms with Crippen molar-refractivity contribution in [2.45, 2.75) is 0 Å². The predicted molar refractivity (Wildman–Crippen MR) is 53.4 cm³/mol. The molecule has 0 saturated heterocycles. The molecular formula is C10H9NO5. The van der Waals surface area contributed by atoms with Gasteiger partial charge in [0.05, 0.1) is 5.56 Å². The van der Waals surface area contributed by atoms with E-state index in [1.54, 1.807) is 0 Å². The van der Waals surface area contributed by atoms with Gasteiger partial charge in [0, 0.05) is 5.56 Å². The number of aliphatic carboxylic acids is 1. The van der Waals surface area contributed by atoms with Crippen molar-refractivity contribution >= 4 is 17.8 Å². The van der Waals surface area contributed by atoms with Crippen LogP contribution in [-0.2, 0) is 4.79 Å². The van der Waals surface area contributed by atoms with E-state index in [4.69, 9.17) is 10.2 Å². The molecule has 0 aliphatic heterocycles. The molecule has 0 aliphatic carbocycles. The van der Waals surface area contributed by atoms with Crippen LogP contribution in [-0.4, -0.2) is 34.6 Å². The van der Waals surface area contributed by atoms with Gasteiger partial charge < -0.3 is 15.5 Å². The lowest BCUT2D eigenvalue weighted by molar-refractivity contribution is -0.135. The number of carboxylic acids is 2. The second-order valence-corrected chi connectivity index (χ2v) is 2.96. The van der Waals surface area contributed by atoms with Crippen LogP contribution >= 0.6 is 0 Å². The molecule has 16 heavy (non-hydrogen) atoms. The van der Waals surface area contributed by atoms with E-state index in [1.165, 1.54) is 24.3 Å². The predicted octanol–water partition coefficient (Wildman–Crippen LogP) is 0.199. The molecule has 1 rings (SSSR count). The van der Waals surface area contributed by atoms with E-state index in [0.29, 0.717) is 0 Å². The lowest BCUT2D eigenvalue weighted by Gasteiger charge is -2.02. The maximum Gasteiger partial charge on any atom is 0.335 e. The van der Waals surface area contributed by atoms with Gasteiger partial charge >= 0.3 is 11.9 Å². The third-order valence-electron chi connectivity index (χ3n) is 1.77. The fourth-order valence-electron chi connectivity index (χ4n) is 1.05. The van der Waals surface area contributed by atoms with Crippen molar-refractivity contribution in [1.82, 2.24) is 5.32 Å². The number of hydrogen-bond donors (Lipinski definition) is 3. The van der Waals surface area contributed by atoms with Crippen LogP contribution in [0.3, 0.4) is 0 Å². The van der Waals surface area contributed by atoms with E-state index in [-0.39, 0.29) is 11.1 Å². The van der Waals surface area contributed by atoms with E-state index in [2.05, 4.69) is 5.32 Å². The maximum atomic E-state index is 11.4. The number of hydrogen-bond acceptors (Lipinski definition) is 3. The van der Waals surface area contributed by atoms with Crippen molar-refractivity contribution in [1.29, 1.82) is 0 Å². The minimum absolute atomic E-state index is 0.0250. The molecule has 84 valence electrons. The molecule has 1 aromatic carbocycles. The summed E-state index contributed by atoms with van der Waals surface area (Å²) in [5, 5.41) is 19.2. The molecule has 0 saturated carbocycles. The minimum Gasteiger partial charge on any atom is -0.480 e. The van der Waals surface area contributed by atoms with Gasteiger partial charge in [0.2, 0.25) is 0 Å². The molecule has 3 N–H and O–H groups in total. The average Bonchev–Trinajstić information content (AvgIpc) is 2.26. The minimum atomic E-state index is -1.16. The summed E-state index contributed by atoms with van der Waals surface area (Å²) in [6, 6.07) is 5.35. The molecule has 0 aromatic heterocycles. The third-order valence-corrected chi connectivity index (χ3v) is 1.77. The van der Waals surface area contributed by atoms with Crippen LogP contribution in [0.4, 0.5) is 0 Å². The summed E-state index contributed by atoms with van der Waals surface area (Å²) in [5.41, 5.74) is 0.0872. The van der Waals surface area contributed by atoms with E-state index >= 15 is 0 Å². The summed E-state index contributed by atoms with van der Waals surface area (Å²) < 4.78 is 0. The number of carboxylic acid groups (broad SMARTS) is 2. The molecule has 6 nitrogen and oxygen atoms in total. The third kappa shape index (κ3) is 3.09. The van der Waals surface area contributed by atoms with Crippen molar-refractivity contribution < 1.29 is 24.6 Å². The summed E-state index contributed by atoms with van der Waals surface area (Å²) >= 11 is 0. The Morgan fingerprint density at radius 1 is 1.12 bits per heavy atom. The fourth-order valence-corrected chi connectivity index (χ4v) is 1.05. The average molecular weight is 223 g/mol. The zero-order valence-corrected chi connectivity index (χ0v) is 8.14. The molecule has 0 fully saturated rings. The number of amides is 1. The molecule has 1 amide bonds. The molecule has 0 unspecified atom stereocenters. The maximum absolute atomic E-state index is 11.4.